The summed E-state index contributed by atoms with van der Waals surface area (Å²) in [4.78, 5) is 10.7. The zero-order valence-corrected chi connectivity index (χ0v) is 8.71. The second-order valence-corrected chi connectivity index (χ2v) is 4.00. The molecule has 1 aliphatic rings. The normalized spacial score (nSPS) is 23.9. The third kappa shape index (κ3) is 2.12. The van der Waals surface area contributed by atoms with Gasteiger partial charge in [0.05, 0.1) is 5.92 Å². The predicted molar refractivity (Wildman–Crippen MR) is 52.8 cm³/mol. The summed E-state index contributed by atoms with van der Waals surface area (Å²) in [5, 5.41) is 11.6. The maximum absolute atomic E-state index is 13.4. The molecule has 2 atom stereocenters. The SMILES string of the molecule is O=C(O)C1CNC(c2ccc(F)c(F)c2F)C1. The standard InChI is InChI=1S/C11H10F3NO2/c12-7-2-1-6(9(13)10(7)14)8-3-5(4-15-8)11(16)17/h1-2,5,8,15H,3-4H2,(H,16,17). The van der Waals surface area contributed by atoms with Crippen molar-refractivity contribution in [2.45, 2.75) is 12.5 Å². The Bertz CT molecular complexity index is 464. The average molecular weight is 245 g/mol. The fourth-order valence-electron chi connectivity index (χ4n) is 1.97. The first-order valence-corrected chi connectivity index (χ1v) is 5.10. The van der Waals surface area contributed by atoms with E-state index in [1.54, 1.807) is 0 Å². The van der Waals surface area contributed by atoms with Gasteiger partial charge in [0.2, 0.25) is 0 Å². The van der Waals surface area contributed by atoms with E-state index >= 15 is 0 Å². The number of rotatable bonds is 2. The minimum Gasteiger partial charge on any atom is -0.481 e. The molecule has 0 bridgehead atoms. The van der Waals surface area contributed by atoms with E-state index in [4.69, 9.17) is 5.11 Å². The van der Waals surface area contributed by atoms with Gasteiger partial charge in [-0.3, -0.25) is 4.79 Å². The Morgan fingerprint density at radius 1 is 1.29 bits per heavy atom. The number of nitrogens with one attached hydrogen (secondary N) is 1. The molecule has 92 valence electrons. The number of hydrogen-bond donors (Lipinski definition) is 2. The van der Waals surface area contributed by atoms with Gasteiger partial charge in [-0.15, -0.1) is 0 Å². The van der Waals surface area contributed by atoms with Crippen molar-refractivity contribution >= 4 is 5.97 Å². The maximum atomic E-state index is 13.4. The Balaban J connectivity index is 2.25. The van der Waals surface area contributed by atoms with Crippen LogP contribution in [0.5, 0.6) is 0 Å². The van der Waals surface area contributed by atoms with Crippen molar-refractivity contribution < 1.29 is 23.1 Å². The Labute approximate surface area is 95.3 Å². The van der Waals surface area contributed by atoms with E-state index in [2.05, 4.69) is 5.32 Å². The van der Waals surface area contributed by atoms with Crippen LogP contribution in [0.15, 0.2) is 12.1 Å². The first-order chi connectivity index (χ1) is 8.00. The fraction of sp³-hybridized carbons (Fsp3) is 0.364. The summed E-state index contributed by atoms with van der Waals surface area (Å²) in [7, 11) is 0. The molecule has 2 unspecified atom stereocenters. The fourth-order valence-corrected chi connectivity index (χ4v) is 1.97. The minimum absolute atomic E-state index is 0.0346. The number of carboxylic acid groups (broad SMARTS) is 1. The molecule has 1 aliphatic heterocycles. The lowest BCUT2D eigenvalue weighted by molar-refractivity contribution is -0.141. The largest absolute Gasteiger partial charge is 0.481 e. The van der Waals surface area contributed by atoms with Gasteiger partial charge in [0.15, 0.2) is 17.5 Å². The molecule has 1 saturated heterocycles. The minimum atomic E-state index is -1.52. The second-order valence-electron chi connectivity index (χ2n) is 4.00. The zero-order chi connectivity index (χ0) is 12.6. The molecule has 1 fully saturated rings. The molecule has 1 aromatic carbocycles. The molecule has 6 heteroatoms. The van der Waals surface area contributed by atoms with Crippen LogP contribution in [0, 0.1) is 23.4 Å². The van der Waals surface area contributed by atoms with Crippen molar-refractivity contribution in [2.24, 2.45) is 5.92 Å². The summed E-state index contributed by atoms with van der Waals surface area (Å²) < 4.78 is 39.2. The number of hydrogen-bond acceptors (Lipinski definition) is 2. The van der Waals surface area contributed by atoms with Crippen molar-refractivity contribution in [2.75, 3.05) is 6.54 Å². The van der Waals surface area contributed by atoms with Gasteiger partial charge in [0, 0.05) is 18.2 Å². The molecule has 17 heavy (non-hydrogen) atoms. The molecular weight excluding hydrogens is 235 g/mol. The first-order valence-electron chi connectivity index (χ1n) is 5.10. The third-order valence-electron chi connectivity index (χ3n) is 2.92. The smallest absolute Gasteiger partial charge is 0.307 e. The Hall–Kier alpha value is -1.56. The number of carbonyl (C=O) groups is 1. The Morgan fingerprint density at radius 3 is 2.59 bits per heavy atom. The van der Waals surface area contributed by atoms with Crippen LogP contribution in [0.3, 0.4) is 0 Å². The van der Waals surface area contributed by atoms with Gasteiger partial charge in [-0.25, -0.2) is 13.2 Å². The summed E-state index contributed by atoms with van der Waals surface area (Å²) in [6, 6.07) is 1.38. The Morgan fingerprint density at radius 2 is 2.00 bits per heavy atom. The van der Waals surface area contributed by atoms with Crippen molar-refractivity contribution in [3.8, 4) is 0 Å². The topological polar surface area (TPSA) is 49.3 Å². The highest BCUT2D eigenvalue weighted by Gasteiger charge is 2.32. The molecule has 2 rings (SSSR count). The molecule has 0 aliphatic carbocycles. The number of carboxylic acids is 1. The maximum Gasteiger partial charge on any atom is 0.307 e. The summed E-state index contributed by atoms with van der Waals surface area (Å²) in [6.07, 6.45) is 0.164. The lowest BCUT2D eigenvalue weighted by Crippen LogP contribution is -2.18. The van der Waals surface area contributed by atoms with Crippen molar-refractivity contribution in [3.05, 3.63) is 35.1 Å². The average Bonchev–Trinajstić information content (AvgIpc) is 2.75. The zero-order valence-electron chi connectivity index (χ0n) is 8.71. The van der Waals surface area contributed by atoms with E-state index in [1.165, 1.54) is 0 Å². The second kappa shape index (κ2) is 4.37. The molecule has 0 saturated carbocycles. The van der Waals surface area contributed by atoms with Crippen LogP contribution < -0.4 is 5.32 Å². The van der Waals surface area contributed by atoms with Gasteiger partial charge in [-0.2, -0.15) is 0 Å². The van der Waals surface area contributed by atoms with E-state index in [9.17, 15) is 18.0 Å². The van der Waals surface area contributed by atoms with Crippen LogP contribution in [0.2, 0.25) is 0 Å². The van der Waals surface area contributed by atoms with Crippen molar-refractivity contribution in [1.29, 1.82) is 0 Å². The summed E-state index contributed by atoms with van der Waals surface area (Å²) in [5.74, 6) is -5.65. The first kappa shape index (κ1) is 11.9. The highest BCUT2D eigenvalue weighted by molar-refractivity contribution is 5.70. The molecule has 0 spiro atoms. The van der Waals surface area contributed by atoms with E-state index in [0.717, 1.165) is 12.1 Å². The number of aliphatic carboxylic acids is 1. The van der Waals surface area contributed by atoms with Gasteiger partial charge in [0.1, 0.15) is 0 Å². The summed E-state index contributed by atoms with van der Waals surface area (Å²) in [6.45, 7) is 0.193. The molecule has 0 aromatic heterocycles. The number of benzene rings is 1. The highest BCUT2D eigenvalue weighted by atomic mass is 19.2. The van der Waals surface area contributed by atoms with Gasteiger partial charge in [-0.05, 0) is 12.5 Å². The van der Waals surface area contributed by atoms with Crippen LogP contribution in [-0.4, -0.2) is 17.6 Å². The Kier molecular flexibility index (Phi) is 3.06. The van der Waals surface area contributed by atoms with Gasteiger partial charge in [-0.1, -0.05) is 6.07 Å². The molecule has 0 amide bonds. The van der Waals surface area contributed by atoms with Crippen LogP contribution in [0.1, 0.15) is 18.0 Å². The lowest BCUT2D eigenvalue weighted by Gasteiger charge is -2.12. The van der Waals surface area contributed by atoms with Crippen LogP contribution >= 0.6 is 0 Å². The van der Waals surface area contributed by atoms with E-state index in [0.29, 0.717) is 0 Å². The van der Waals surface area contributed by atoms with Gasteiger partial charge < -0.3 is 10.4 Å². The molecule has 2 N–H and O–H groups in total. The van der Waals surface area contributed by atoms with Gasteiger partial charge >= 0.3 is 5.97 Å². The lowest BCUT2D eigenvalue weighted by atomic mass is 9.99. The molecular formula is C11H10F3NO2. The third-order valence-corrected chi connectivity index (χ3v) is 2.92. The van der Waals surface area contributed by atoms with Gasteiger partial charge in [0.25, 0.3) is 0 Å². The van der Waals surface area contributed by atoms with E-state index < -0.39 is 35.4 Å². The quantitative estimate of drug-likeness (QED) is 0.781. The summed E-state index contributed by atoms with van der Waals surface area (Å²) >= 11 is 0. The van der Waals surface area contributed by atoms with E-state index in [1.807, 2.05) is 0 Å². The molecule has 1 aromatic rings. The molecule has 1 heterocycles. The van der Waals surface area contributed by atoms with E-state index in [-0.39, 0.29) is 18.5 Å². The number of halogens is 3. The van der Waals surface area contributed by atoms with Crippen molar-refractivity contribution in [3.63, 3.8) is 0 Å². The highest BCUT2D eigenvalue weighted by Crippen LogP contribution is 2.30. The van der Waals surface area contributed by atoms with Crippen LogP contribution in [0.4, 0.5) is 13.2 Å². The predicted octanol–water partition coefficient (Wildman–Crippen LogP) is 1.84. The molecule has 3 nitrogen and oxygen atoms in total. The molecule has 0 radical (unpaired) electrons. The van der Waals surface area contributed by atoms with Crippen LogP contribution in [-0.2, 0) is 4.79 Å². The summed E-state index contributed by atoms with van der Waals surface area (Å²) in [5.41, 5.74) is -0.0346. The van der Waals surface area contributed by atoms with Crippen LogP contribution in [0.25, 0.3) is 0 Å². The van der Waals surface area contributed by atoms with Crippen molar-refractivity contribution in [1.82, 2.24) is 5.32 Å². The monoisotopic (exact) mass is 245 g/mol.